The molecule has 2 aromatic rings. The second-order valence-corrected chi connectivity index (χ2v) is 4.09. The number of rotatable bonds is 4. The van der Waals surface area contributed by atoms with Gasteiger partial charge in [0.1, 0.15) is 12.1 Å². The summed E-state index contributed by atoms with van der Waals surface area (Å²) in [6, 6.07) is 5.63. The van der Waals surface area contributed by atoms with Gasteiger partial charge in [-0.25, -0.2) is 0 Å². The molecular weight excluding hydrogens is 230 g/mol. The van der Waals surface area contributed by atoms with Gasteiger partial charge in [0.25, 0.3) is 0 Å². The molecule has 6 heteroatoms. The van der Waals surface area contributed by atoms with E-state index in [4.69, 9.17) is 10.5 Å². The standard InChI is InChI=1S/C12H17N5O/c1-8(12-16-14-7-17(12)2)15-9-5-4-6-10(18-3)11(9)13/h4-8,15H,13H2,1-3H3. The highest BCUT2D eigenvalue weighted by molar-refractivity contribution is 5.73. The van der Waals surface area contributed by atoms with Crippen molar-refractivity contribution in [3.05, 3.63) is 30.4 Å². The summed E-state index contributed by atoms with van der Waals surface area (Å²) < 4.78 is 7.05. The first-order valence-electron chi connectivity index (χ1n) is 5.66. The first kappa shape index (κ1) is 12.2. The minimum Gasteiger partial charge on any atom is -0.495 e. The van der Waals surface area contributed by atoms with E-state index in [0.717, 1.165) is 11.5 Å². The Labute approximate surface area is 106 Å². The van der Waals surface area contributed by atoms with Crippen molar-refractivity contribution in [2.75, 3.05) is 18.2 Å². The molecular formula is C12H17N5O. The van der Waals surface area contributed by atoms with Gasteiger partial charge in [0.05, 0.1) is 24.5 Å². The van der Waals surface area contributed by atoms with Gasteiger partial charge >= 0.3 is 0 Å². The highest BCUT2D eigenvalue weighted by Gasteiger charge is 2.13. The van der Waals surface area contributed by atoms with Crippen LogP contribution in [-0.2, 0) is 7.05 Å². The molecule has 0 bridgehead atoms. The molecule has 0 radical (unpaired) electrons. The largest absolute Gasteiger partial charge is 0.495 e. The van der Waals surface area contributed by atoms with Gasteiger partial charge in [-0.1, -0.05) is 6.07 Å². The van der Waals surface area contributed by atoms with E-state index in [1.165, 1.54) is 0 Å². The zero-order valence-electron chi connectivity index (χ0n) is 10.7. The predicted octanol–water partition coefficient (Wildman–Crippen LogP) is 1.58. The molecule has 1 atom stereocenters. The van der Waals surface area contributed by atoms with Crippen molar-refractivity contribution >= 4 is 11.4 Å². The smallest absolute Gasteiger partial charge is 0.154 e. The summed E-state index contributed by atoms with van der Waals surface area (Å²) in [6.45, 7) is 2.00. The molecule has 6 nitrogen and oxygen atoms in total. The Morgan fingerprint density at radius 1 is 1.44 bits per heavy atom. The number of aryl methyl sites for hydroxylation is 1. The minimum absolute atomic E-state index is 0.00639. The van der Waals surface area contributed by atoms with E-state index in [0.29, 0.717) is 11.4 Å². The summed E-state index contributed by atoms with van der Waals surface area (Å²) in [5.74, 6) is 1.50. The highest BCUT2D eigenvalue weighted by atomic mass is 16.5. The number of hydrogen-bond acceptors (Lipinski definition) is 5. The molecule has 2 rings (SSSR count). The van der Waals surface area contributed by atoms with E-state index in [9.17, 15) is 0 Å². The molecule has 0 aliphatic carbocycles. The van der Waals surface area contributed by atoms with Gasteiger partial charge in [0, 0.05) is 7.05 Å². The average molecular weight is 247 g/mol. The monoisotopic (exact) mass is 247 g/mol. The molecule has 1 unspecified atom stereocenters. The van der Waals surface area contributed by atoms with Gasteiger partial charge in [-0.05, 0) is 19.1 Å². The molecule has 0 saturated heterocycles. The van der Waals surface area contributed by atoms with Crippen molar-refractivity contribution in [2.24, 2.45) is 7.05 Å². The fourth-order valence-electron chi connectivity index (χ4n) is 1.83. The summed E-state index contributed by atoms with van der Waals surface area (Å²) in [5, 5.41) is 11.2. The molecule has 1 aromatic heterocycles. The maximum absolute atomic E-state index is 6.00. The third-order valence-corrected chi connectivity index (χ3v) is 2.79. The zero-order chi connectivity index (χ0) is 13.1. The van der Waals surface area contributed by atoms with E-state index >= 15 is 0 Å². The Balaban J connectivity index is 2.22. The van der Waals surface area contributed by atoms with Crippen LogP contribution in [0.15, 0.2) is 24.5 Å². The number of nitrogen functional groups attached to an aromatic ring is 1. The third kappa shape index (κ3) is 2.22. The van der Waals surface area contributed by atoms with Crippen LogP contribution in [0.25, 0.3) is 0 Å². The zero-order valence-corrected chi connectivity index (χ0v) is 10.7. The summed E-state index contributed by atoms with van der Waals surface area (Å²) in [5.41, 5.74) is 7.42. The lowest BCUT2D eigenvalue weighted by Gasteiger charge is -2.17. The van der Waals surface area contributed by atoms with Crippen molar-refractivity contribution in [3.63, 3.8) is 0 Å². The van der Waals surface area contributed by atoms with Gasteiger partial charge in [0.2, 0.25) is 0 Å². The van der Waals surface area contributed by atoms with Gasteiger partial charge < -0.3 is 20.4 Å². The van der Waals surface area contributed by atoms with Crippen molar-refractivity contribution < 1.29 is 4.74 Å². The number of methoxy groups -OCH3 is 1. The van der Waals surface area contributed by atoms with Gasteiger partial charge in [0.15, 0.2) is 5.82 Å². The topological polar surface area (TPSA) is 78.0 Å². The van der Waals surface area contributed by atoms with Crippen LogP contribution in [0.3, 0.4) is 0 Å². The lowest BCUT2D eigenvalue weighted by atomic mass is 10.2. The van der Waals surface area contributed by atoms with Crippen LogP contribution < -0.4 is 15.8 Å². The van der Waals surface area contributed by atoms with Crippen LogP contribution >= 0.6 is 0 Å². The van der Waals surface area contributed by atoms with E-state index in [1.54, 1.807) is 13.4 Å². The van der Waals surface area contributed by atoms with Crippen LogP contribution in [0, 0.1) is 0 Å². The summed E-state index contributed by atoms with van der Waals surface area (Å²) in [4.78, 5) is 0. The fourth-order valence-corrected chi connectivity index (χ4v) is 1.83. The molecule has 18 heavy (non-hydrogen) atoms. The first-order valence-corrected chi connectivity index (χ1v) is 5.66. The van der Waals surface area contributed by atoms with E-state index < -0.39 is 0 Å². The summed E-state index contributed by atoms with van der Waals surface area (Å²) in [7, 11) is 3.50. The van der Waals surface area contributed by atoms with Crippen molar-refractivity contribution in [1.82, 2.24) is 14.8 Å². The lowest BCUT2D eigenvalue weighted by molar-refractivity contribution is 0.417. The normalized spacial score (nSPS) is 12.2. The number of para-hydroxylation sites is 1. The second-order valence-electron chi connectivity index (χ2n) is 4.09. The number of nitrogens with zero attached hydrogens (tertiary/aromatic N) is 3. The number of benzene rings is 1. The second kappa shape index (κ2) is 4.95. The number of aromatic nitrogens is 3. The van der Waals surface area contributed by atoms with Gasteiger partial charge in [-0.15, -0.1) is 10.2 Å². The molecule has 1 heterocycles. The minimum atomic E-state index is 0.00639. The Morgan fingerprint density at radius 3 is 2.83 bits per heavy atom. The molecule has 0 saturated carbocycles. The van der Waals surface area contributed by atoms with Crippen molar-refractivity contribution in [1.29, 1.82) is 0 Å². The van der Waals surface area contributed by atoms with Gasteiger partial charge in [-0.2, -0.15) is 0 Å². The van der Waals surface area contributed by atoms with E-state index in [-0.39, 0.29) is 6.04 Å². The fraction of sp³-hybridized carbons (Fsp3) is 0.333. The molecule has 0 aliphatic rings. The molecule has 0 spiro atoms. The molecule has 1 aromatic carbocycles. The maximum Gasteiger partial charge on any atom is 0.154 e. The quantitative estimate of drug-likeness (QED) is 0.802. The Morgan fingerprint density at radius 2 is 2.22 bits per heavy atom. The number of hydrogen-bond donors (Lipinski definition) is 2. The number of anilines is 2. The maximum atomic E-state index is 6.00. The SMILES string of the molecule is COc1cccc(NC(C)c2nncn2C)c1N. The lowest BCUT2D eigenvalue weighted by Crippen LogP contribution is -2.13. The molecule has 0 aliphatic heterocycles. The van der Waals surface area contributed by atoms with Crippen LogP contribution in [0.5, 0.6) is 5.75 Å². The predicted molar refractivity (Wildman–Crippen MR) is 70.4 cm³/mol. The van der Waals surface area contributed by atoms with E-state index in [2.05, 4.69) is 15.5 Å². The third-order valence-electron chi connectivity index (χ3n) is 2.79. The molecule has 96 valence electrons. The molecule has 0 fully saturated rings. The van der Waals surface area contributed by atoms with Crippen molar-refractivity contribution in [2.45, 2.75) is 13.0 Å². The molecule has 3 N–H and O–H groups in total. The number of nitrogens with one attached hydrogen (secondary N) is 1. The average Bonchev–Trinajstić information content (AvgIpc) is 2.78. The van der Waals surface area contributed by atoms with Crippen LogP contribution in [0.1, 0.15) is 18.8 Å². The van der Waals surface area contributed by atoms with Crippen LogP contribution in [0.4, 0.5) is 11.4 Å². The van der Waals surface area contributed by atoms with Crippen molar-refractivity contribution in [3.8, 4) is 5.75 Å². The Hall–Kier alpha value is -2.24. The number of ether oxygens (including phenoxy) is 1. The Kier molecular flexibility index (Phi) is 3.36. The van der Waals surface area contributed by atoms with E-state index in [1.807, 2.05) is 36.7 Å². The Bertz CT molecular complexity index is 537. The first-order chi connectivity index (χ1) is 8.63. The summed E-state index contributed by atoms with van der Waals surface area (Å²) >= 11 is 0. The van der Waals surface area contributed by atoms with Gasteiger partial charge in [-0.3, -0.25) is 0 Å². The van der Waals surface area contributed by atoms with Crippen LogP contribution in [0.2, 0.25) is 0 Å². The van der Waals surface area contributed by atoms with Crippen LogP contribution in [-0.4, -0.2) is 21.9 Å². The number of nitrogens with two attached hydrogens (primary N) is 1. The molecule has 0 amide bonds. The summed E-state index contributed by atoms with van der Waals surface area (Å²) in [6.07, 6.45) is 1.67. The highest BCUT2D eigenvalue weighted by Crippen LogP contribution is 2.31.